The van der Waals surface area contributed by atoms with Gasteiger partial charge in [-0.1, -0.05) is 6.92 Å². The Balaban J connectivity index is 1.55. The third-order valence-corrected chi connectivity index (χ3v) is 6.01. The predicted octanol–water partition coefficient (Wildman–Crippen LogP) is 2.72. The predicted molar refractivity (Wildman–Crippen MR) is 101 cm³/mol. The Hall–Kier alpha value is -2.97. The second kappa shape index (κ2) is 7.70. The molecule has 2 saturated heterocycles. The van der Waals surface area contributed by atoms with Crippen LogP contribution in [-0.2, 0) is 16.1 Å². The molecule has 9 heteroatoms. The number of carbonyl (C=O) groups excluding carboxylic acids is 2. The number of aliphatic hydroxyl groups is 1. The van der Waals surface area contributed by atoms with E-state index in [9.17, 15) is 27.9 Å². The number of hydrogen-bond acceptors (Lipinski definition) is 4. The lowest BCUT2D eigenvalue weighted by atomic mass is 9.92. The summed E-state index contributed by atoms with van der Waals surface area (Å²) in [6, 6.07) is 1.02. The quantitative estimate of drug-likeness (QED) is 0.787. The van der Waals surface area contributed by atoms with Crippen molar-refractivity contribution < 1.29 is 27.9 Å². The maximum absolute atomic E-state index is 13.8. The summed E-state index contributed by atoms with van der Waals surface area (Å²) in [4.78, 5) is 28.8. The van der Waals surface area contributed by atoms with Gasteiger partial charge in [0.2, 0.25) is 5.91 Å². The highest BCUT2D eigenvalue weighted by molar-refractivity contribution is 5.98. The second-order valence-corrected chi connectivity index (χ2v) is 8.00. The minimum absolute atomic E-state index is 0.0718. The average Bonchev–Trinajstić information content (AvgIpc) is 2.84. The lowest BCUT2D eigenvalue weighted by Gasteiger charge is -2.44. The minimum Gasteiger partial charge on any atom is -0.510 e. The molecule has 2 amide bonds. The Kier molecular flexibility index (Phi) is 5.21. The van der Waals surface area contributed by atoms with Crippen LogP contribution in [-0.4, -0.2) is 45.9 Å². The molecule has 6 nitrogen and oxygen atoms in total. The SMILES string of the molecule is C[C@H]1CCCN2C[C@H]1N1C=C(C(=O)NCc3c(F)cc(F)cc3F)CC(O)=C1C2=O. The molecule has 1 aromatic rings. The van der Waals surface area contributed by atoms with Crippen molar-refractivity contribution in [2.75, 3.05) is 13.1 Å². The van der Waals surface area contributed by atoms with Gasteiger partial charge in [0.25, 0.3) is 5.91 Å². The Morgan fingerprint density at radius 1 is 1.27 bits per heavy atom. The number of piperazine rings is 1. The van der Waals surface area contributed by atoms with Crippen molar-refractivity contribution in [2.45, 2.75) is 38.8 Å². The highest BCUT2D eigenvalue weighted by Gasteiger charge is 2.43. The number of hydrogen-bond donors (Lipinski definition) is 2. The summed E-state index contributed by atoms with van der Waals surface area (Å²) >= 11 is 0. The maximum atomic E-state index is 13.8. The molecule has 3 aliphatic heterocycles. The molecule has 4 rings (SSSR count). The van der Waals surface area contributed by atoms with Crippen LogP contribution >= 0.6 is 0 Å². The van der Waals surface area contributed by atoms with Crippen molar-refractivity contribution >= 4 is 11.8 Å². The number of allylic oxidation sites excluding steroid dienone is 1. The van der Waals surface area contributed by atoms with Gasteiger partial charge >= 0.3 is 0 Å². The number of amides is 2. The lowest BCUT2D eigenvalue weighted by Crippen LogP contribution is -2.55. The van der Waals surface area contributed by atoms with Crippen molar-refractivity contribution in [3.8, 4) is 0 Å². The number of benzene rings is 1. The third kappa shape index (κ3) is 3.53. The van der Waals surface area contributed by atoms with Gasteiger partial charge in [-0.25, -0.2) is 13.2 Å². The summed E-state index contributed by atoms with van der Waals surface area (Å²) in [6.07, 6.45) is 3.17. The van der Waals surface area contributed by atoms with Gasteiger partial charge in [-0.2, -0.15) is 0 Å². The molecule has 0 saturated carbocycles. The number of aliphatic hydroxyl groups excluding tert-OH is 1. The smallest absolute Gasteiger partial charge is 0.274 e. The van der Waals surface area contributed by atoms with E-state index < -0.39 is 35.5 Å². The molecule has 0 aromatic heterocycles. The topological polar surface area (TPSA) is 72.9 Å². The highest BCUT2D eigenvalue weighted by Crippen LogP contribution is 2.36. The van der Waals surface area contributed by atoms with E-state index in [4.69, 9.17) is 0 Å². The fourth-order valence-corrected chi connectivity index (χ4v) is 4.34. The summed E-state index contributed by atoms with van der Waals surface area (Å²) in [7, 11) is 0. The summed E-state index contributed by atoms with van der Waals surface area (Å²) in [5, 5.41) is 13.0. The zero-order valence-electron chi connectivity index (χ0n) is 16.4. The van der Waals surface area contributed by atoms with Gasteiger partial charge < -0.3 is 20.2 Å². The molecule has 30 heavy (non-hydrogen) atoms. The summed E-state index contributed by atoms with van der Waals surface area (Å²) in [6.45, 7) is 2.74. The van der Waals surface area contributed by atoms with Crippen LogP contribution in [0.5, 0.6) is 0 Å². The van der Waals surface area contributed by atoms with Gasteiger partial charge in [0.05, 0.1) is 6.04 Å². The lowest BCUT2D eigenvalue weighted by molar-refractivity contribution is -0.133. The van der Waals surface area contributed by atoms with E-state index in [0.29, 0.717) is 25.2 Å². The molecule has 2 bridgehead atoms. The van der Waals surface area contributed by atoms with E-state index in [-0.39, 0.29) is 41.3 Å². The number of fused-ring (bicyclic) bond motifs is 4. The summed E-state index contributed by atoms with van der Waals surface area (Å²) in [5.41, 5.74) is -0.0909. The van der Waals surface area contributed by atoms with E-state index >= 15 is 0 Å². The van der Waals surface area contributed by atoms with Crippen LogP contribution in [0.15, 0.2) is 35.4 Å². The number of halogens is 3. The zero-order valence-corrected chi connectivity index (χ0v) is 16.4. The van der Waals surface area contributed by atoms with Gasteiger partial charge in [-0.05, 0) is 18.8 Å². The number of rotatable bonds is 3. The Morgan fingerprint density at radius 3 is 2.67 bits per heavy atom. The van der Waals surface area contributed by atoms with Crippen LogP contribution < -0.4 is 5.32 Å². The Bertz CT molecular complexity index is 952. The van der Waals surface area contributed by atoms with Gasteiger partial charge in [-0.3, -0.25) is 9.59 Å². The standard InChI is InChI=1S/C21H22F3N3O3/c1-11-3-2-4-26-10-17(11)27-9-12(5-18(28)19(27)21(26)30)20(29)25-8-14-15(23)6-13(22)7-16(14)24/h6-7,9,11,17,28H,2-5,8,10H2,1H3,(H,25,29)/t11-,17+/m0/s1. The van der Waals surface area contributed by atoms with Crippen molar-refractivity contribution in [1.29, 1.82) is 0 Å². The first kappa shape index (κ1) is 20.3. The van der Waals surface area contributed by atoms with Crippen LogP contribution in [0, 0.1) is 23.4 Å². The van der Waals surface area contributed by atoms with Crippen LogP contribution in [0.2, 0.25) is 0 Å². The monoisotopic (exact) mass is 421 g/mol. The van der Waals surface area contributed by atoms with E-state index in [1.807, 2.05) is 0 Å². The fourth-order valence-electron chi connectivity index (χ4n) is 4.34. The number of carbonyl (C=O) groups is 2. The number of nitrogens with one attached hydrogen (secondary N) is 1. The van der Waals surface area contributed by atoms with Crippen molar-refractivity contribution in [3.05, 3.63) is 58.4 Å². The molecule has 3 aliphatic rings. The van der Waals surface area contributed by atoms with Crippen molar-refractivity contribution in [1.82, 2.24) is 15.1 Å². The molecule has 0 aliphatic carbocycles. The van der Waals surface area contributed by atoms with Gasteiger partial charge in [0, 0.05) is 55.5 Å². The molecule has 0 unspecified atom stereocenters. The molecule has 0 spiro atoms. The van der Waals surface area contributed by atoms with Crippen LogP contribution in [0.25, 0.3) is 0 Å². The molecule has 160 valence electrons. The fraction of sp³-hybridized carbons (Fsp3) is 0.429. The largest absolute Gasteiger partial charge is 0.510 e. The van der Waals surface area contributed by atoms with Crippen molar-refractivity contribution in [3.63, 3.8) is 0 Å². The maximum Gasteiger partial charge on any atom is 0.274 e. The summed E-state index contributed by atoms with van der Waals surface area (Å²) in [5.74, 6) is -4.07. The van der Waals surface area contributed by atoms with E-state index in [1.54, 1.807) is 16.0 Å². The number of nitrogens with zero attached hydrogens (tertiary/aromatic N) is 2. The normalized spacial score (nSPS) is 23.7. The second-order valence-electron chi connectivity index (χ2n) is 8.00. The molecule has 2 atom stereocenters. The van der Waals surface area contributed by atoms with Gasteiger partial charge in [0.15, 0.2) is 0 Å². The van der Waals surface area contributed by atoms with E-state index in [0.717, 1.165) is 12.8 Å². The molecule has 2 N–H and O–H groups in total. The van der Waals surface area contributed by atoms with E-state index in [2.05, 4.69) is 12.2 Å². The molecular formula is C21H22F3N3O3. The highest BCUT2D eigenvalue weighted by atomic mass is 19.1. The average molecular weight is 421 g/mol. The first-order valence-electron chi connectivity index (χ1n) is 9.88. The molecule has 2 fully saturated rings. The molecule has 0 radical (unpaired) electrons. The van der Waals surface area contributed by atoms with Gasteiger partial charge in [-0.15, -0.1) is 0 Å². The summed E-state index contributed by atoms with van der Waals surface area (Å²) < 4.78 is 40.7. The van der Waals surface area contributed by atoms with Crippen LogP contribution in [0.1, 0.15) is 31.7 Å². The zero-order chi connectivity index (χ0) is 21.6. The van der Waals surface area contributed by atoms with Crippen LogP contribution in [0.3, 0.4) is 0 Å². The Morgan fingerprint density at radius 2 is 1.97 bits per heavy atom. The molecular weight excluding hydrogens is 399 g/mol. The first-order valence-corrected chi connectivity index (χ1v) is 9.88. The van der Waals surface area contributed by atoms with Crippen LogP contribution in [0.4, 0.5) is 13.2 Å². The molecule has 3 heterocycles. The van der Waals surface area contributed by atoms with E-state index in [1.165, 1.54) is 0 Å². The third-order valence-electron chi connectivity index (χ3n) is 6.01. The van der Waals surface area contributed by atoms with Gasteiger partial charge in [0.1, 0.15) is 28.9 Å². The van der Waals surface area contributed by atoms with Crippen molar-refractivity contribution in [2.24, 2.45) is 5.92 Å². The molecule has 1 aromatic carbocycles. The minimum atomic E-state index is -1.09. The first-order chi connectivity index (χ1) is 14.3. The Labute approximate surface area is 171 Å².